The maximum Gasteiger partial charge on any atom is 0.264 e. The molecule has 31 heavy (non-hydrogen) atoms. The lowest BCUT2D eigenvalue weighted by atomic mass is 9.96. The summed E-state index contributed by atoms with van der Waals surface area (Å²) in [4.78, 5) is 25.4. The molecule has 0 saturated carbocycles. The van der Waals surface area contributed by atoms with Gasteiger partial charge in [0.1, 0.15) is 5.75 Å². The molecule has 2 amide bonds. The van der Waals surface area contributed by atoms with E-state index in [9.17, 15) is 18.0 Å². The molecule has 3 aromatic carbocycles. The number of carbonyl (C=O) groups is 2. The summed E-state index contributed by atoms with van der Waals surface area (Å²) in [5.41, 5.74) is 1.74. The molecule has 4 rings (SSSR count). The number of benzene rings is 3. The SMILES string of the molecule is CNC(=O)c1ccc(OC)c2c1CCC2C(=O)NS(=O)(=O)c1cccc2ccccc12. The molecule has 3 aromatic rings. The molecule has 2 N–H and O–H groups in total. The largest absolute Gasteiger partial charge is 0.496 e. The van der Waals surface area contributed by atoms with Crippen LogP contribution in [0.5, 0.6) is 5.75 Å². The Labute approximate surface area is 180 Å². The summed E-state index contributed by atoms with van der Waals surface area (Å²) in [6, 6.07) is 15.3. The van der Waals surface area contributed by atoms with E-state index in [0.717, 1.165) is 5.39 Å². The van der Waals surface area contributed by atoms with Gasteiger partial charge in [0.05, 0.1) is 17.9 Å². The Hall–Kier alpha value is -3.39. The van der Waals surface area contributed by atoms with Gasteiger partial charge in [-0.05, 0) is 42.0 Å². The van der Waals surface area contributed by atoms with Crippen molar-refractivity contribution >= 4 is 32.6 Å². The van der Waals surface area contributed by atoms with E-state index in [0.29, 0.717) is 40.7 Å². The molecule has 8 heteroatoms. The quantitative estimate of drug-likeness (QED) is 0.638. The first-order chi connectivity index (χ1) is 14.9. The summed E-state index contributed by atoms with van der Waals surface area (Å²) < 4.78 is 33.8. The number of ether oxygens (including phenoxy) is 1. The predicted molar refractivity (Wildman–Crippen MR) is 117 cm³/mol. The summed E-state index contributed by atoms with van der Waals surface area (Å²) in [6.45, 7) is 0. The number of hydrogen-bond donors (Lipinski definition) is 2. The first kappa shape index (κ1) is 20.9. The fourth-order valence-electron chi connectivity index (χ4n) is 4.20. The monoisotopic (exact) mass is 438 g/mol. The normalized spacial score (nSPS) is 15.4. The van der Waals surface area contributed by atoms with Crippen molar-refractivity contribution in [1.82, 2.24) is 10.0 Å². The van der Waals surface area contributed by atoms with Gasteiger partial charge in [-0.25, -0.2) is 13.1 Å². The Bertz CT molecular complexity index is 1300. The second kappa shape index (κ2) is 8.03. The van der Waals surface area contributed by atoms with Crippen LogP contribution in [0.1, 0.15) is 33.8 Å². The van der Waals surface area contributed by atoms with Gasteiger partial charge in [-0.3, -0.25) is 9.59 Å². The summed E-state index contributed by atoms with van der Waals surface area (Å²) >= 11 is 0. The molecule has 1 unspecified atom stereocenters. The molecule has 1 aliphatic rings. The van der Waals surface area contributed by atoms with Crippen LogP contribution in [0.3, 0.4) is 0 Å². The molecule has 0 aromatic heterocycles. The number of carbonyl (C=O) groups excluding carboxylic acids is 2. The minimum atomic E-state index is -4.10. The van der Waals surface area contributed by atoms with Crippen LogP contribution in [0, 0.1) is 0 Å². The second-order valence-corrected chi connectivity index (χ2v) is 8.98. The molecular weight excluding hydrogens is 416 g/mol. The molecular formula is C23H22N2O5S. The van der Waals surface area contributed by atoms with Crippen molar-refractivity contribution in [1.29, 1.82) is 0 Å². The number of rotatable bonds is 5. The number of sulfonamides is 1. The van der Waals surface area contributed by atoms with Crippen molar-refractivity contribution in [2.75, 3.05) is 14.2 Å². The highest BCUT2D eigenvalue weighted by molar-refractivity contribution is 7.90. The van der Waals surface area contributed by atoms with Crippen molar-refractivity contribution in [3.05, 3.63) is 71.3 Å². The van der Waals surface area contributed by atoms with E-state index in [4.69, 9.17) is 4.74 Å². The number of fused-ring (bicyclic) bond motifs is 2. The fraction of sp³-hybridized carbons (Fsp3) is 0.217. The van der Waals surface area contributed by atoms with Crippen molar-refractivity contribution in [2.24, 2.45) is 0 Å². The summed E-state index contributed by atoms with van der Waals surface area (Å²) in [7, 11) is -1.08. The predicted octanol–water partition coefficient (Wildman–Crippen LogP) is 2.74. The van der Waals surface area contributed by atoms with E-state index < -0.39 is 21.8 Å². The third kappa shape index (κ3) is 3.63. The minimum absolute atomic E-state index is 0.0447. The van der Waals surface area contributed by atoms with Crippen molar-refractivity contribution in [3.8, 4) is 5.75 Å². The zero-order valence-corrected chi connectivity index (χ0v) is 18.0. The Morgan fingerprint density at radius 3 is 2.52 bits per heavy atom. The summed E-state index contributed by atoms with van der Waals surface area (Å²) in [5, 5.41) is 3.90. The first-order valence-electron chi connectivity index (χ1n) is 9.83. The highest BCUT2D eigenvalue weighted by atomic mass is 32.2. The Balaban J connectivity index is 1.70. The molecule has 0 bridgehead atoms. The molecule has 0 radical (unpaired) electrons. The van der Waals surface area contributed by atoms with Gasteiger partial charge in [-0.15, -0.1) is 0 Å². The Kier molecular flexibility index (Phi) is 5.41. The van der Waals surface area contributed by atoms with Crippen LogP contribution in [0.4, 0.5) is 0 Å². The molecule has 1 aliphatic carbocycles. The van der Waals surface area contributed by atoms with E-state index in [2.05, 4.69) is 10.0 Å². The average Bonchev–Trinajstić information content (AvgIpc) is 3.22. The lowest BCUT2D eigenvalue weighted by Gasteiger charge is -2.17. The fourth-order valence-corrected chi connectivity index (χ4v) is 5.45. The maximum absolute atomic E-state index is 13.1. The van der Waals surface area contributed by atoms with Crippen LogP contribution in [0.25, 0.3) is 10.8 Å². The number of hydrogen-bond acceptors (Lipinski definition) is 5. The van der Waals surface area contributed by atoms with Crippen LogP contribution in [-0.2, 0) is 21.2 Å². The van der Waals surface area contributed by atoms with Gasteiger partial charge in [0.2, 0.25) is 5.91 Å². The van der Waals surface area contributed by atoms with Gasteiger partial charge in [-0.2, -0.15) is 0 Å². The Morgan fingerprint density at radius 2 is 1.77 bits per heavy atom. The molecule has 0 spiro atoms. The number of methoxy groups -OCH3 is 1. The van der Waals surface area contributed by atoms with E-state index in [1.54, 1.807) is 30.3 Å². The molecule has 0 aliphatic heterocycles. The van der Waals surface area contributed by atoms with Gasteiger partial charge in [0.15, 0.2) is 0 Å². The van der Waals surface area contributed by atoms with Crippen LogP contribution in [0.15, 0.2) is 59.5 Å². The highest BCUT2D eigenvalue weighted by Gasteiger charge is 2.36. The van der Waals surface area contributed by atoms with Crippen LogP contribution in [0.2, 0.25) is 0 Å². The molecule has 7 nitrogen and oxygen atoms in total. The summed E-state index contributed by atoms with van der Waals surface area (Å²) in [6.07, 6.45) is 0.859. The van der Waals surface area contributed by atoms with E-state index in [1.165, 1.54) is 20.2 Å². The molecule has 0 saturated heterocycles. The van der Waals surface area contributed by atoms with Gasteiger partial charge in [0.25, 0.3) is 15.9 Å². The van der Waals surface area contributed by atoms with Crippen molar-refractivity contribution in [3.63, 3.8) is 0 Å². The number of amides is 2. The minimum Gasteiger partial charge on any atom is -0.496 e. The van der Waals surface area contributed by atoms with Gasteiger partial charge >= 0.3 is 0 Å². The van der Waals surface area contributed by atoms with Crippen LogP contribution in [-0.4, -0.2) is 34.4 Å². The summed E-state index contributed by atoms with van der Waals surface area (Å²) in [5.74, 6) is -1.18. The topological polar surface area (TPSA) is 102 Å². The van der Waals surface area contributed by atoms with Crippen molar-refractivity contribution < 1.29 is 22.7 Å². The third-order valence-corrected chi connectivity index (χ3v) is 7.04. The van der Waals surface area contributed by atoms with Gasteiger partial charge in [-0.1, -0.05) is 36.4 Å². The zero-order valence-electron chi connectivity index (χ0n) is 17.1. The van der Waals surface area contributed by atoms with Gasteiger partial charge in [0, 0.05) is 23.6 Å². The zero-order chi connectivity index (χ0) is 22.2. The van der Waals surface area contributed by atoms with E-state index in [1.807, 2.05) is 18.2 Å². The smallest absolute Gasteiger partial charge is 0.264 e. The van der Waals surface area contributed by atoms with E-state index in [-0.39, 0.29) is 10.8 Å². The number of nitrogens with one attached hydrogen (secondary N) is 2. The molecule has 160 valence electrons. The standard InChI is InChI=1S/C23H22N2O5S/c1-24-22(26)17-12-13-19(30-2)21-16(17)10-11-18(21)23(27)25-31(28,29)20-9-5-7-14-6-3-4-8-15(14)20/h3-9,12-13,18H,10-11H2,1-2H3,(H,24,26)(H,25,27). The van der Waals surface area contributed by atoms with E-state index >= 15 is 0 Å². The van der Waals surface area contributed by atoms with Crippen molar-refractivity contribution in [2.45, 2.75) is 23.7 Å². The molecule has 1 atom stereocenters. The van der Waals surface area contributed by atoms with Crippen LogP contribution < -0.4 is 14.8 Å². The lowest BCUT2D eigenvalue weighted by molar-refractivity contribution is -0.120. The maximum atomic E-state index is 13.1. The first-order valence-corrected chi connectivity index (χ1v) is 11.3. The molecule has 0 fully saturated rings. The average molecular weight is 439 g/mol. The third-order valence-electron chi connectivity index (χ3n) is 5.63. The lowest BCUT2D eigenvalue weighted by Crippen LogP contribution is -2.34. The highest BCUT2D eigenvalue weighted by Crippen LogP contribution is 2.41. The Morgan fingerprint density at radius 1 is 1.03 bits per heavy atom. The van der Waals surface area contributed by atoms with Gasteiger partial charge < -0.3 is 10.1 Å². The second-order valence-electron chi connectivity index (χ2n) is 7.33. The van der Waals surface area contributed by atoms with Crippen LogP contribution >= 0.6 is 0 Å². The molecule has 0 heterocycles.